The van der Waals surface area contributed by atoms with Gasteiger partial charge in [-0.2, -0.15) is 4.80 Å². The maximum absolute atomic E-state index is 12.4. The zero-order chi connectivity index (χ0) is 16.2. The van der Waals surface area contributed by atoms with E-state index in [1.54, 1.807) is 7.05 Å². The Kier molecular flexibility index (Phi) is 4.52. The Hall–Kier alpha value is -2.48. The summed E-state index contributed by atoms with van der Waals surface area (Å²) in [4.78, 5) is 17.9. The highest BCUT2D eigenvalue weighted by Gasteiger charge is 2.17. The van der Waals surface area contributed by atoms with Gasteiger partial charge in [0.05, 0.1) is 7.05 Å². The molecule has 2 amide bonds. The number of amides is 2. The number of carbonyl (C=O) groups is 1. The first-order valence-electron chi connectivity index (χ1n) is 7.71. The molecule has 3 rings (SSSR count). The van der Waals surface area contributed by atoms with Gasteiger partial charge in [0.15, 0.2) is 0 Å². The van der Waals surface area contributed by atoms with E-state index in [-0.39, 0.29) is 6.03 Å². The summed E-state index contributed by atoms with van der Waals surface area (Å²) < 4.78 is 0. The lowest BCUT2D eigenvalue weighted by atomic mass is 10.2. The molecule has 23 heavy (non-hydrogen) atoms. The molecule has 1 N–H and O–H groups in total. The summed E-state index contributed by atoms with van der Waals surface area (Å²) in [6.45, 7) is 3.45. The summed E-state index contributed by atoms with van der Waals surface area (Å²) in [6.07, 6.45) is 0.994. The van der Waals surface area contributed by atoms with Gasteiger partial charge in [-0.3, -0.25) is 0 Å². The zero-order valence-corrected chi connectivity index (χ0v) is 13.4. The quantitative estimate of drug-likeness (QED) is 0.896. The summed E-state index contributed by atoms with van der Waals surface area (Å²) in [7, 11) is 3.80. The van der Waals surface area contributed by atoms with Crippen LogP contribution in [-0.2, 0) is 7.05 Å². The normalized spacial score (nSPS) is 16.2. The zero-order valence-electron chi connectivity index (χ0n) is 13.4. The number of aromatic nitrogens is 4. The highest BCUT2D eigenvalue weighted by molar-refractivity contribution is 5.90. The van der Waals surface area contributed by atoms with E-state index in [9.17, 15) is 4.79 Å². The molecular formula is C15H21N7O. The molecule has 0 spiro atoms. The van der Waals surface area contributed by atoms with E-state index < -0.39 is 0 Å². The van der Waals surface area contributed by atoms with Crippen LogP contribution in [0.2, 0.25) is 0 Å². The summed E-state index contributed by atoms with van der Waals surface area (Å²) in [5, 5.41) is 15.0. The van der Waals surface area contributed by atoms with Gasteiger partial charge in [0, 0.05) is 30.9 Å². The molecule has 0 saturated carbocycles. The van der Waals surface area contributed by atoms with Crippen molar-refractivity contribution < 1.29 is 4.79 Å². The number of hydrogen-bond acceptors (Lipinski definition) is 5. The van der Waals surface area contributed by atoms with Crippen molar-refractivity contribution in [3.8, 4) is 11.4 Å². The molecule has 1 aromatic heterocycles. The fourth-order valence-electron chi connectivity index (χ4n) is 2.59. The number of tetrazole rings is 1. The number of anilines is 1. The molecule has 0 unspecified atom stereocenters. The summed E-state index contributed by atoms with van der Waals surface area (Å²) in [5.74, 6) is 0.542. The van der Waals surface area contributed by atoms with Gasteiger partial charge in [-0.05, 0) is 37.4 Å². The molecule has 0 radical (unpaired) electrons. The number of nitrogens with one attached hydrogen (secondary N) is 1. The van der Waals surface area contributed by atoms with E-state index in [0.29, 0.717) is 5.82 Å². The van der Waals surface area contributed by atoms with E-state index in [0.717, 1.165) is 43.9 Å². The number of aryl methyl sites for hydroxylation is 1. The van der Waals surface area contributed by atoms with Crippen LogP contribution in [-0.4, -0.2) is 69.3 Å². The molecule has 0 bridgehead atoms. The van der Waals surface area contributed by atoms with Gasteiger partial charge in [0.2, 0.25) is 5.82 Å². The molecule has 0 atom stereocenters. The van der Waals surface area contributed by atoms with Crippen LogP contribution < -0.4 is 5.32 Å². The first kappa shape index (κ1) is 15.4. The average Bonchev–Trinajstić information content (AvgIpc) is 2.85. The van der Waals surface area contributed by atoms with Crippen LogP contribution in [0.5, 0.6) is 0 Å². The van der Waals surface area contributed by atoms with E-state index >= 15 is 0 Å². The molecule has 8 nitrogen and oxygen atoms in total. The number of rotatable bonds is 2. The number of carbonyl (C=O) groups excluding carboxylic acids is 1. The monoisotopic (exact) mass is 315 g/mol. The Morgan fingerprint density at radius 3 is 2.83 bits per heavy atom. The molecule has 2 aromatic rings. The number of hydrogen-bond donors (Lipinski definition) is 1. The highest BCUT2D eigenvalue weighted by Crippen LogP contribution is 2.19. The van der Waals surface area contributed by atoms with Gasteiger partial charge in [0.1, 0.15) is 0 Å². The van der Waals surface area contributed by atoms with Gasteiger partial charge in [-0.1, -0.05) is 12.1 Å². The Morgan fingerprint density at radius 2 is 2.04 bits per heavy atom. The van der Waals surface area contributed by atoms with Crippen molar-refractivity contribution in [2.45, 2.75) is 6.42 Å². The second kappa shape index (κ2) is 6.74. The van der Waals surface area contributed by atoms with Crippen molar-refractivity contribution in [3.63, 3.8) is 0 Å². The second-order valence-electron chi connectivity index (χ2n) is 5.76. The van der Waals surface area contributed by atoms with Gasteiger partial charge in [0.25, 0.3) is 0 Å². The van der Waals surface area contributed by atoms with Crippen LogP contribution in [0.1, 0.15) is 6.42 Å². The number of nitrogens with zero attached hydrogens (tertiary/aromatic N) is 6. The molecule has 8 heteroatoms. The fraction of sp³-hybridized carbons (Fsp3) is 0.467. The lowest BCUT2D eigenvalue weighted by Gasteiger charge is -2.21. The minimum absolute atomic E-state index is 0.0652. The summed E-state index contributed by atoms with van der Waals surface area (Å²) >= 11 is 0. The Morgan fingerprint density at radius 1 is 1.17 bits per heavy atom. The third kappa shape index (κ3) is 3.84. The van der Waals surface area contributed by atoms with Crippen molar-refractivity contribution in [1.82, 2.24) is 30.0 Å². The predicted molar refractivity (Wildman–Crippen MR) is 86.9 cm³/mol. The van der Waals surface area contributed by atoms with Gasteiger partial charge >= 0.3 is 6.03 Å². The molecule has 1 fully saturated rings. The highest BCUT2D eigenvalue weighted by atomic mass is 16.2. The van der Waals surface area contributed by atoms with E-state index in [2.05, 4.69) is 32.7 Å². The predicted octanol–water partition coefficient (Wildman–Crippen LogP) is 1.05. The van der Waals surface area contributed by atoms with Crippen molar-refractivity contribution in [2.75, 3.05) is 38.5 Å². The smallest absolute Gasteiger partial charge is 0.321 e. The third-order valence-corrected chi connectivity index (χ3v) is 3.89. The van der Waals surface area contributed by atoms with Gasteiger partial charge < -0.3 is 15.1 Å². The summed E-state index contributed by atoms with van der Waals surface area (Å²) in [5.41, 5.74) is 1.56. The minimum atomic E-state index is -0.0652. The van der Waals surface area contributed by atoms with Crippen LogP contribution in [0.15, 0.2) is 24.3 Å². The Labute approximate surface area is 135 Å². The van der Waals surface area contributed by atoms with Crippen LogP contribution in [0, 0.1) is 0 Å². The average molecular weight is 315 g/mol. The van der Waals surface area contributed by atoms with Crippen molar-refractivity contribution in [2.24, 2.45) is 7.05 Å². The topological polar surface area (TPSA) is 79.2 Å². The molecular weight excluding hydrogens is 294 g/mol. The van der Waals surface area contributed by atoms with Crippen LogP contribution >= 0.6 is 0 Å². The first-order valence-corrected chi connectivity index (χ1v) is 7.71. The molecule has 1 saturated heterocycles. The van der Waals surface area contributed by atoms with E-state index in [1.165, 1.54) is 4.80 Å². The minimum Gasteiger partial charge on any atom is -0.323 e. The molecule has 1 aliphatic rings. The van der Waals surface area contributed by atoms with Crippen LogP contribution in [0.3, 0.4) is 0 Å². The second-order valence-corrected chi connectivity index (χ2v) is 5.76. The van der Waals surface area contributed by atoms with Crippen molar-refractivity contribution >= 4 is 11.7 Å². The van der Waals surface area contributed by atoms with E-state index in [1.807, 2.05) is 29.2 Å². The van der Waals surface area contributed by atoms with E-state index in [4.69, 9.17) is 0 Å². The van der Waals surface area contributed by atoms with Gasteiger partial charge in [-0.15, -0.1) is 10.2 Å². The number of benzene rings is 1. The Bertz CT molecular complexity index is 684. The SMILES string of the molecule is CN1CCCN(C(=O)Nc2cccc(-c3nnn(C)n3)c2)CC1. The van der Waals surface area contributed by atoms with Crippen LogP contribution in [0.25, 0.3) is 11.4 Å². The van der Waals surface area contributed by atoms with Crippen molar-refractivity contribution in [3.05, 3.63) is 24.3 Å². The Balaban J connectivity index is 1.69. The summed E-state index contributed by atoms with van der Waals surface area (Å²) in [6, 6.07) is 7.43. The molecule has 2 heterocycles. The first-order chi connectivity index (χ1) is 11.1. The third-order valence-electron chi connectivity index (χ3n) is 3.89. The maximum atomic E-state index is 12.4. The van der Waals surface area contributed by atoms with Crippen LogP contribution in [0.4, 0.5) is 10.5 Å². The lowest BCUT2D eigenvalue weighted by Crippen LogP contribution is -2.37. The molecule has 1 aromatic carbocycles. The lowest BCUT2D eigenvalue weighted by molar-refractivity contribution is 0.213. The fourth-order valence-corrected chi connectivity index (χ4v) is 2.59. The number of likely N-dealkylation sites (N-methyl/N-ethyl adjacent to an activating group) is 1. The largest absolute Gasteiger partial charge is 0.323 e. The molecule has 122 valence electrons. The van der Waals surface area contributed by atoms with Gasteiger partial charge in [-0.25, -0.2) is 4.79 Å². The number of urea groups is 1. The van der Waals surface area contributed by atoms with Crippen molar-refractivity contribution in [1.29, 1.82) is 0 Å². The standard InChI is InChI=1S/C15H21N7O/c1-20-7-4-8-22(10-9-20)15(23)16-13-6-3-5-12(11-13)14-17-19-21(2)18-14/h3,5-6,11H,4,7-10H2,1-2H3,(H,16,23). The molecule has 1 aliphatic heterocycles. The molecule has 0 aliphatic carbocycles. The maximum Gasteiger partial charge on any atom is 0.321 e.